The first-order valence-corrected chi connectivity index (χ1v) is 10.4. The van der Waals surface area contributed by atoms with E-state index in [0.29, 0.717) is 18.3 Å². The van der Waals surface area contributed by atoms with Gasteiger partial charge in [-0.25, -0.2) is 9.40 Å². The van der Waals surface area contributed by atoms with Crippen LogP contribution in [0.1, 0.15) is 25.3 Å². The topological polar surface area (TPSA) is 73.8 Å². The molecule has 3 N–H and O–H groups in total. The van der Waals surface area contributed by atoms with E-state index in [1.807, 2.05) is 24.3 Å². The second-order valence-corrected chi connectivity index (χ2v) is 7.91. The summed E-state index contributed by atoms with van der Waals surface area (Å²) in [5.41, 5.74) is 4.88. The molecule has 0 spiro atoms. The zero-order valence-corrected chi connectivity index (χ0v) is 17.7. The Labute approximate surface area is 180 Å². The van der Waals surface area contributed by atoms with E-state index in [4.69, 9.17) is 16.3 Å². The van der Waals surface area contributed by atoms with E-state index in [0.717, 1.165) is 30.8 Å². The van der Waals surface area contributed by atoms with Crippen LogP contribution < -0.4 is 15.5 Å². The Kier molecular flexibility index (Phi) is 8.04. The van der Waals surface area contributed by atoms with Gasteiger partial charge in [0.25, 0.3) is 0 Å². The minimum atomic E-state index is -0.796. The normalized spacial score (nSPS) is 17.7. The van der Waals surface area contributed by atoms with Crippen molar-refractivity contribution < 1.29 is 19.0 Å². The Morgan fingerprint density at radius 2 is 2.10 bits per heavy atom. The fraction of sp³-hybridized carbons (Fsp3) is 0.409. The van der Waals surface area contributed by atoms with Crippen LogP contribution >= 0.6 is 11.6 Å². The van der Waals surface area contributed by atoms with Crippen molar-refractivity contribution in [1.82, 2.24) is 10.4 Å². The van der Waals surface area contributed by atoms with Gasteiger partial charge in [0.05, 0.1) is 5.69 Å². The summed E-state index contributed by atoms with van der Waals surface area (Å²) in [4.78, 5) is 11.3. The zero-order chi connectivity index (χ0) is 21.5. The first kappa shape index (κ1) is 22.5. The van der Waals surface area contributed by atoms with Crippen molar-refractivity contribution in [2.45, 2.75) is 38.3 Å². The highest BCUT2D eigenvalue weighted by atomic mass is 35.5. The lowest BCUT2D eigenvalue weighted by atomic mass is 10.0. The molecule has 0 aliphatic carbocycles. The summed E-state index contributed by atoms with van der Waals surface area (Å²) in [5, 5.41) is 15.8. The van der Waals surface area contributed by atoms with Crippen molar-refractivity contribution in [3.05, 3.63) is 58.9 Å². The number of hydrogen-bond acceptors (Lipinski definition) is 5. The number of ether oxygens (including phenoxy) is 1. The monoisotopic (exact) mass is 435 g/mol. The van der Waals surface area contributed by atoms with E-state index in [-0.39, 0.29) is 18.3 Å². The highest BCUT2D eigenvalue weighted by Gasteiger charge is 2.25. The number of halogens is 2. The lowest BCUT2D eigenvalue weighted by molar-refractivity contribution is -0.114. The number of hydrogen-bond donors (Lipinski definition) is 3. The molecule has 1 aliphatic heterocycles. The molecule has 2 aromatic carbocycles. The van der Waals surface area contributed by atoms with Gasteiger partial charge in [0.15, 0.2) is 0 Å². The summed E-state index contributed by atoms with van der Waals surface area (Å²) in [6.45, 7) is 2.55. The van der Waals surface area contributed by atoms with Crippen LogP contribution in [0.5, 0.6) is 5.75 Å². The molecular formula is C22H27ClFN3O3. The Balaban J connectivity index is 1.48. The van der Waals surface area contributed by atoms with Crippen molar-refractivity contribution in [3.63, 3.8) is 0 Å². The highest BCUT2D eigenvalue weighted by Crippen LogP contribution is 2.25. The summed E-state index contributed by atoms with van der Waals surface area (Å²) in [5.74, 6) is -0.575. The van der Waals surface area contributed by atoms with Gasteiger partial charge in [-0.3, -0.25) is 10.2 Å². The number of aliphatic hydroxyl groups is 1. The van der Waals surface area contributed by atoms with E-state index in [2.05, 4.69) is 15.8 Å². The molecule has 1 amide bonds. The fourth-order valence-electron chi connectivity index (χ4n) is 3.52. The summed E-state index contributed by atoms with van der Waals surface area (Å²) < 4.78 is 19.1. The van der Waals surface area contributed by atoms with Crippen molar-refractivity contribution in [2.24, 2.45) is 0 Å². The number of anilines is 1. The van der Waals surface area contributed by atoms with Crippen LogP contribution in [0.2, 0.25) is 5.02 Å². The molecule has 2 atom stereocenters. The molecule has 0 bridgehead atoms. The first-order chi connectivity index (χ1) is 14.4. The SMILES string of the molecule is CC(=O)Nc1ccc(F)cc1OC[C@@H](O)CNN1CCC[C@@H]1Cc1ccc(Cl)cc1. The predicted molar refractivity (Wildman–Crippen MR) is 115 cm³/mol. The molecule has 6 nitrogen and oxygen atoms in total. The third-order valence-electron chi connectivity index (χ3n) is 4.98. The molecular weight excluding hydrogens is 409 g/mol. The number of benzene rings is 2. The van der Waals surface area contributed by atoms with Crippen molar-refractivity contribution >= 4 is 23.2 Å². The van der Waals surface area contributed by atoms with E-state index < -0.39 is 11.9 Å². The number of carbonyl (C=O) groups is 1. The minimum Gasteiger partial charge on any atom is -0.489 e. The van der Waals surface area contributed by atoms with Gasteiger partial charge in [0.2, 0.25) is 5.91 Å². The van der Waals surface area contributed by atoms with Gasteiger partial charge >= 0.3 is 0 Å². The lowest BCUT2D eigenvalue weighted by Crippen LogP contribution is -2.46. The van der Waals surface area contributed by atoms with Gasteiger partial charge in [-0.05, 0) is 49.1 Å². The number of amides is 1. The van der Waals surface area contributed by atoms with Crippen molar-refractivity contribution in [3.8, 4) is 5.75 Å². The summed E-state index contributed by atoms with van der Waals surface area (Å²) in [6.07, 6.45) is 2.27. The van der Waals surface area contributed by atoms with Crippen molar-refractivity contribution in [2.75, 3.05) is 25.0 Å². The van der Waals surface area contributed by atoms with Gasteiger partial charge in [-0.15, -0.1) is 0 Å². The molecule has 1 aliphatic rings. The quantitative estimate of drug-likeness (QED) is 0.563. The smallest absolute Gasteiger partial charge is 0.221 e. The Morgan fingerprint density at radius 1 is 1.33 bits per heavy atom. The Morgan fingerprint density at radius 3 is 2.83 bits per heavy atom. The standard InChI is InChI=1S/C22H27ClFN3O3/c1-15(28)26-21-9-8-18(24)12-22(21)30-14-20(29)13-25-27-10-2-3-19(27)11-16-4-6-17(23)7-5-16/h4-9,12,19-20,25,29H,2-3,10-11,13-14H2,1H3,(H,26,28)/t19-,20+/m1/s1. The van der Waals surface area contributed by atoms with Crippen LogP contribution in [-0.2, 0) is 11.2 Å². The average Bonchev–Trinajstić information content (AvgIpc) is 3.15. The Bertz CT molecular complexity index is 850. The zero-order valence-electron chi connectivity index (χ0n) is 16.9. The second kappa shape index (κ2) is 10.7. The maximum absolute atomic E-state index is 13.5. The van der Waals surface area contributed by atoms with Gasteiger partial charge in [0, 0.05) is 37.1 Å². The molecule has 1 saturated heterocycles. The predicted octanol–water partition coefficient (Wildman–Crippen LogP) is 3.39. The van der Waals surface area contributed by atoms with Crippen LogP contribution in [0.3, 0.4) is 0 Å². The number of carbonyl (C=O) groups excluding carboxylic acids is 1. The van der Waals surface area contributed by atoms with Gasteiger partial charge in [-0.2, -0.15) is 0 Å². The van der Waals surface area contributed by atoms with Crippen LogP contribution in [0.25, 0.3) is 0 Å². The molecule has 1 fully saturated rings. The van der Waals surface area contributed by atoms with Crippen LogP contribution in [-0.4, -0.2) is 47.9 Å². The van der Waals surface area contributed by atoms with Crippen LogP contribution in [0.4, 0.5) is 10.1 Å². The number of rotatable bonds is 9. The van der Waals surface area contributed by atoms with Gasteiger partial charge in [0.1, 0.15) is 24.3 Å². The summed E-state index contributed by atoms with van der Waals surface area (Å²) in [7, 11) is 0. The van der Waals surface area contributed by atoms with E-state index in [1.54, 1.807) is 0 Å². The van der Waals surface area contributed by atoms with Crippen molar-refractivity contribution in [1.29, 1.82) is 0 Å². The molecule has 8 heteroatoms. The molecule has 0 aromatic heterocycles. The Hall–Kier alpha value is -2.19. The fourth-order valence-corrected chi connectivity index (χ4v) is 3.65. The summed E-state index contributed by atoms with van der Waals surface area (Å²) >= 11 is 5.95. The second-order valence-electron chi connectivity index (χ2n) is 7.47. The highest BCUT2D eigenvalue weighted by molar-refractivity contribution is 6.30. The molecule has 2 aromatic rings. The molecule has 3 rings (SSSR count). The third-order valence-corrected chi connectivity index (χ3v) is 5.23. The third kappa shape index (κ3) is 6.67. The van der Waals surface area contributed by atoms with Crippen LogP contribution in [0.15, 0.2) is 42.5 Å². The van der Waals surface area contributed by atoms with E-state index in [9.17, 15) is 14.3 Å². The number of nitrogens with one attached hydrogen (secondary N) is 2. The molecule has 0 saturated carbocycles. The van der Waals surface area contributed by atoms with Crippen LogP contribution in [0, 0.1) is 5.82 Å². The molecule has 1 heterocycles. The molecule has 162 valence electrons. The largest absolute Gasteiger partial charge is 0.489 e. The first-order valence-electron chi connectivity index (χ1n) is 10.0. The minimum absolute atomic E-state index is 0.0290. The van der Waals surface area contributed by atoms with Gasteiger partial charge in [-0.1, -0.05) is 23.7 Å². The van der Waals surface area contributed by atoms with Gasteiger partial charge < -0.3 is 15.2 Å². The lowest BCUT2D eigenvalue weighted by Gasteiger charge is -2.27. The van der Waals surface area contributed by atoms with E-state index >= 15 is 0 Å². The summed E-state index contributed by atoms with van der Waals surface area (Å²) in [6, 6.07) is 12.1. The number of hydrazine groups is 1. The molecule has 0 radical (unpaired) electrons. The number of nitrogens with zero attached hydrogens (tertiary/aromatic N) is 1. The average molecular weight is 436 g/mol. The molecule has 0 unspecified atom stereocenters. The molecule has 30 heavy (non-hydrogen) atoms. The van der Waals surface area contributed by atoms with E-state index in [1.165, 1.54) is 30.7 Å². The maximum atomic E-state index is 13.5. The maximum Gasteiger partial charge on any atom is 0.221 e. The number of aliphatic hydroxyl groups excluding tert-OH is 1.